The molecule has 20 heavy (non-hydrogen) atoms. The first kappa shape index (κ1) is 12.1. The average Bonchev–Trinajstić information content (AvgIpc) is 2.47. The van der Waals surface area contributed by atoms with Crippen molar-refractivity contribution in [1.29, 1.82) is 5.26 Å². The summed E-state index contributed by atoms with van der Waals surface area (Å²) in [6.45, 7) is 0. The molecule has 0 saturated heterocycles. The number of anilines is 1. The summed E-state index contributed by atoms with van der Waals surface area (Å²) in [5.74, 6) is -0.296. The van der Waals surface area contributed by atoms with Crippen LogP contribution in [-0.4, -0.2) is 4.98 Å². The summed E-state index contributed by atoms with van der Waals surface area (Å²) in [5, 5.41) is 9.64. The van der Waals surface area contributed by atoms with Gasteiger partial charge in [-0.2, -0.15) is 5.26 Å². The minimum absolute atomic E-state index is 0.115. The van der Waals surface area contributed by atoms with Gasteiger partial charge in [-0.15, -0.1) is 0 Å². The number of nitrogen functional groups attached to an aromatic ring is 1. The highest BCUT2D eigenvalue weighted by Crippen LogP contribution is 2.34. The quantitative estimate of drug-likeness (QED) is 0.731. The van der Waals surface area contributed by atoms with E-state index in [9.17, 15) is 9.65 Å². The molecule has 0 radical (unpaired) electrons. The van der Waals surface area contributed by atoms with Crippen LogP contribution in [0.1, 0.15) is 5.56 Å². The zero-order chi connectivity index (χ0) is 14.1. The predicted molar refractivity (Wildman–Crippen MR) is 76.3 cm³/mol. The van der Waals surface area contributed by atoms with Crippen LogP contribution in [0.15, 0.2) is 48.5 Å². The molecule has 0 unspecified atom stereocenters. The lowest BCUT2D eigenvalue weighted by Gasteiger charge is -2.11. The van der Waals surface area contributed by atoms with Crippen molar-refractivity contribution in [2.75, 3.05) is 5.73 Å². The van der Waals surface area contributed by atoms with E-state index in [2.05, 4.69) is 4.98 Å². The van der Waals surface area contributed by atoms with Gasteiger partial charge in [-0.3, -0.25) is 0 Å². The van der Waals surface area contributed by atoms with Crippen LogP contribution in [-0.2, 0) is 0 Å². The smallest absolute Gasteiger partial charge is 0.142 e. The lowest BCUT2D eigenvalue weighted by molar-refractivity contribution is 0.640. The molecule has 0 saturated carbocycles. The van der Waals surface area contributed by atoms with Crippen molar-refractivity contribution in [2.45, 2.75) is 0 Å². The van der Waals surface area contributed by atoms with Gasteiger partial charge in [0.25, 0.3) is 0 Å². The third kappa shape index (κ3) is 1.77. The largest absolute Gasteiger partial charge is 0.383 e. The molecule has 96 valence electrons. The van der Waals surface area contributed by atoms with Gasteiger partial charge in [-0.1, -0.05) is 36.4 Å². The van der Waals surface area contributed by atoms with Crippen molar-refractivity contribution >= 4 is 16.7 Å². The number of fused-ring (bicyclic) bond motifs is 1. The number of aromatic nitrogens is 1. The van der Waals surface area contributed by atoms with Crippen LogP contribution in [0.5, 0.6) is 0 Å². The van der Waals surface area contributed by atoms with Crippen LogP contribution in [0.4, 0.5) is 10.2 Å². The lowest BCUT2D eigenvalue weighted by atomic mass is 9.96. The summed E-state index contributed by atoms with van der Waals surface area (Å²) < 4.78 is 14.2. The Bertz CT molecular complexity index is 836. The van der Waals surface area contributed by atoms with Crippen molar-refractivity contribution in [3.8, 4) is 17.2 Å². The fourth-order valence-electron chi connectivity index (χ4n) is 2.30. The average molecular weight is 263 g/mol. The maximum atomic E-state index is 14.2. The van der Waals surface area contributed by atoms with E-state index in [1.54, 1.807) is 12.1 Å². The third-order valence-electron chi connectivity index (χ3n) is 3.16. The number of nitrogens with zero attached hydrogens (tertiary/aromatic N) is 2. The highest BCUT2D eigenvalue weighted by Gasteiger charge is 2.17. The van der Waals surface area contributed by atoms with Crippen LogP contribution in [0, 0.1) is 17.1 Å². The Morgan fingerprint density at radius 3 is 2.50 bits per heavy atom. The topological polar surface area (TPSA) is 62.7 Å². The Morgan fingerprint density at radius 1 is 1.05 bits per heavy atom. The van der Waals surface area contributed by atoms with E-state index in [4.69, 9.17) is 5.73 Å². The highest BCUT2D eigenvalue weighted by atomic mass is 19.1. The Kier molecular flexibility index (Phi) is 2.81. The summed E-state index contributed by atoms with van der Waals surface area (Å²) in [6, 6.07) is 15.8. The molecular weight excluding hydrogens is 253 g/mol. The van der Waals surface area contributed by atoms with Gasteiger partial charge in [-0.05, 0) is 17.7 Å². The van der Waals surface area contributed by atoms with Crippen molar-refractivity contribution in [3.63, 3.8) is 0 Å². The molecule has 4 heteroatoms. The van der Waals surface area contributed by atoms with E-state index in [0.29, 0.717) is 16.5 Å². The van der Waals surface area contributed by atoms with Crippen LogP contribution in [0.3, 0.4) is 0 Å². The number of hydrogen-bond donors (Lipinski definition) is 1. The molecule has 0 aliphatic carbocycles. The molecular formula is C16H10FN3. The summed E-state index contributed by atoms with van der Waals surface area (Å²) in [6.07, 6.45) is 0. The predicted octanol–water partition coefficient (Wildman–Crippen LogP) is 3.49. The molecule has 0 bridgehead atoms. The molecule has 2 N–H and O–H groups in total. The lowest BCUT2D eigenvalue weighted by Crippen LogP contribution is -2.00. The van der Waals surface area contributed by atoms with Crippen LogP contribution < -0.4 is 5.73 Å². The number of hydrogen-bond acceptors (Lipinski definition) is 3. The summed E-state index contributed by atoms with van der Waals surface area (Å²) in [4.78, 5) is 4.11. The zero-order valence-corrected chi connectivity index (χ0v) is 10.5. The Labute approximate surface area is 115 Å². The molecule has 0 aliphatic heterocycles. The Hall–Kier alpha value is -2.93. The first-order valence-electron chi connectivity index (χ1n) is 6.05. The Balaban J connectivity index is 2.53. The minimum atomic E-state index is -0.412. The van der Waals surface area contributed by atoms with Crippen LogP contribution in [0.25, 0.3) is 22.0 Å². The number of nitriles is 1. The zero-order valence-electron chi connectivity index (χ0n) is 10.5. The Morgan fingerprint density at radius 2 is 1.80 bits per heavy atom. The van der Waals surface area contributed by atoms with Crippen molar-refractivity contribution in [3.05, 3.63) is 59.9 Å². The molecule has 0 amide bonds. The fraction of sp³-hybridized carbons (Fsp3) is 0. The van der Waals surface area contributed by atoms with E-state index < -0.39 is 5.82 Å². The molecule has 2 aromatic carbocycles. The second kappa shape index (κ2) is 4.63. The van der Waals surface area contributed by atoms with Gasteiger partial charge in [0, 0.05) is 10.9 Å². The number of pyridine rings is 1. The van der Waals surface area contributed by atoms with E-state index in [1.165, 1.54) is 6.07 Å². The molecule has 0 aliphatic rings. The first-order valence-corrected chi connectivity index (χ1v) is 6.05. The maximum absolute atomic E-state index is 14.2. The van der Waals surface area contributed by atoms with Crippen molar-refractivity contribution in [2.24, 2.45) is 0 Å². The van der Waals surface area contributed by atoms with Gasteiger partial charge in [-0.25, -0.2) is 9.37 Å². The summed E-state index contributed by atoms with van der Waals surface area (Å²) in [7, 11) is 0. The molecule has 0 fully saturated rings. The molecule has 3 rings (SSSR count). The van der Waals surface area contributed by atoms with Crippen molar-refractivity contribution in [1.82, 2.24) is 4.98 Å². The van der Waals surface area contributed by atoms with Gasteiger partial charge >= 0.3 is 0 Å². The summed E-state index contributed by atoms with van der Waals surface area (Å²) in [5.41, 5.74) is 7.71. The molecule has 3 nitrogen and oxygen atoms in total. The van der Waals surface area contributed by atoms with E-state index in [0.717, 1.165) is 5.56 Å². The molecule has 1 heterocycles. The standard InChI is InChI=1S/C16H10FN3/c17-12-7-4-8-13-15(12)14(10-5-2-1-3-6-10)11(9-18)16(19)20-13/h1-8H,(H2,19,20). The normalized spacial score (nSPS) is 10.4. The van der Waals surface area contributed by atoms with E-state index in [1.807, 2.05) is 36.4 Å². The highest BCUT2D eigenvalue weighted by molar-refractivity contribution is 5.99. The van der Waals surface area contributed by atoms with Gasteiger partial charge in [0.2, 0.25) is 0 Å². The fourth-order valence-corrected chi connectivity index (χ4v) is 2.30. The minimum Gasteiger partial charge on any atom is -0.383 e. The van der Waals surface area contributed by atoms with E-state index in [-0.39, 0.29) is 11.4 Å². The van der Waals surface area contributed by atoms with Gasteiger partial charge < -0.3 is 5.73 Å². The third-order valence-corrected chi connectivity index (χ3v) is 3.16. The van der Waals surface area contributed by atoms with Crippen LogP contribution >= 0.6 is 0 Å². The molecule has 3 aromatic rings. The molecule has 0 atom stereocenters. The van der Waals surface area contributed by atoms with Crippen LogP contribution in [0.2, 0.25) is 0 Å². The van der Waals surface area contributed by atoms with Gasteiger partial charge in [0.15, 0.2) is 0 Å². The second-order valence-electron chi connectivity index (χ2n) is 4.36. The number of halogens is 1. The van der Waals surface area contributed by atoms with Gasteiger partial charge in [0.05, 0.1) is 5.52 Å². The van der Waals surface area contributed by atoms with Crippen molar-refractivity contribution < 1.29 is 4.39 Å². The monoisotopic (exact) mass is 263 g/mol. The van der Waals surface area contributed by atoms with Gasteiger partial charge in [0.1, 0.15) is 23.3 Å². The number of rotatable bonds is 1. The first-order chi connectivity index (χ1) is 9.72. The molecule has 0 spiro atoms. The number of nitrogens with two attached hydrogens (primary N) is 1. The molecule has 1 aromatic heterocycles. The maximum Gasteiger partial charge on any atom is 0.142 e. The summed E-state index contributed by atoms with van der Waals surface area (Å²) >= 11 is 0. The van der Waals surface area contributed by atoms with E-state index >= 15 is 0 Å². The SMILES string of the molecule is N#Cc1c(N)nc2cccc(F)c2c1-c1ccccc1. The second-order valence-corrected chi connectivity index (χ2v) is 4.36. The number of benzene rings is 2.